The Balaban J connectivity index is 1.59. The van der Waals surface area contributed by atoms with Gasteiger partial charge in [0.2, 0.25) is 0 Å². The number of hydrogen-bond acceptors (Lipinski definition) is 4. The van der Waals surface area contributed by atoms with Gasteiger partial charge < -0.3 is 15.6 Å². The highest BCUT2D eigenvalue weighted by molar-refractivity contribution is 5.88. The molecule has 3 aromatic rings. The van der Waals surface area contributed by atoms with E-state index < -0.39 is 23.9 Å². The Morgan fingerprint density at radius 1 is 0.862 bits per heavy atom. The van der Waals surface area contributed by atoms with Crippen LogP contribution in [0.2, 0.25) is 0 Å². The largest absolute Gasteiger partial charge is 0.480 e. The van der Waals surface area contributed by atoms with E-state index in [1.165, 1.54) is 0 Å². The molecule has 0 aromatic heterocycles. The second-order valence-electron chi connectivity index (χ2n) is 7.11. The number of fused-ring (bicyclic) bond motifs is 3. The lowest BCUT2D eigenvalue weighted by Crippen LogP contribution is -2.41. The predicted octanol–water partition coefficient (Wildman–Crippen LogP) is 3.54. The highest BCUT2D eigenvalue weighted by Gasteiger charge is 2.35. The number of nitrogens with two attached hydrogens (primary N) is 1. The van der Waals surface area contributed by atoms with Gasteiger partial charge in [0.05, 0.1) is 0 Å². The van der Waals surface area contributed by atoms with E-state index in [2.05, 4.69) is 12.1 Å². The van der Waals surface area contributed by atoms with Crippen LogP contribution in [0, 0.1) is 0 Å². The summed E-state index contributed by atoms with van der Waals surface area (Å²) in [5, 5.41) is 9.37. The quantitative estimate of drug-likeness (QED) is 0.632. The molecule has 4 rings (SSSR count). The minimum Gasteiger partial charge on any atom is -0.480 e. The van der Waals surface area contributed by atoms with E-state index in [0.717, 1.165) is 22.3 Å². The summed E-state index contributed by atoms with van der Waals surface area (Å²) in [4.78, 5) is 24.4. The first-order valence-electron chi connectivity index (χ1n) is 9.46. The van der Waals surface area contributed by atoms with Crippen LogP contribution in [0.3, 0.4) is 0 Å². The van der Waals surface area contributed by atoms with Gasteiger partial charge in [-0.3, -0.25) is 9.59 Å². The van der Waals surface area contributed by atoms with Gasteiger partial charge in [0, 0.05) is 5.92 Å². The number of benzene rings is 3. The Hall–Kier alpha value is -3.44. The van der Waals surface area contributed by atoms with Crippen LogP contribution >= 0.6 is 0 Å². The summed E-state index contributed by atoms with van der Waals surface area (Å²) >= 11 is 0. The topological polar surface area (TPSA) is 89.6 Å². The van der Waals surface area contributed by atoms with Crippen molar-refractivity contribution in [2.75, 3.05) is 6.61 Å². The van der Waals surface area contributed by atoms with Gasteiger partial charge in [0.15, 0.2) is 0 Å². The van der Waals surface area contributed by atoms with Crippen molar-refractivity contribution in [3.05, 3.63) is 95.6 Å². The Bertz CT molecular complexity index is 1000. The third-order valence-corrected chi connectivity index (χ3v) is 5.41. The molecule has 0 heterocycles. The second-order valence-corrected chi connectivity index (χ2v) is 7.11. The summed E-state index contributed by atoms with van der Waals surface area (Å²) in [6.45, 7) is 0.128. The van der Waals surface area contributed by atoms with Gasteiger partial charge in [0.25, 0.3) is 0 Å². The molecule has 0 saturated carbocycles. The molecule has 0 amide bonds. The first-order chi connectivity index (χ1) is 14.1. The molecule has 0 bridgehead atoms. The minimum atomic E-state index is -1.38. The summed E-state index contributed by atoms with van der Waals surface area (Å²) in [6.07, 6.45) is 0. The van der Waals surface area contributed by atoms with Crippen molar-refractivity contribution < 1.29 is 19.4 Å². The number of aliphatic carboxylic acids is 1. The van der Waals surface area contributed by atoms with Gasteiger partial charge in [0.1, 0.15) is 18.6 Å². The van der Waals surface area contributed by atoms with Gasteiger partial charge in [-0.2, -0.15) is 0 Å². The van der Waals surface area contributed by atoms with Crippen molar-refractivity contribution in [3.63, 3.8) is 0 Å². The first kappa shape index (κ1) is 18.9. The van der Waals surface area contributed by atoms with Crippen LogP contribution in [-0.2, 0) is 14.3 Å². The van der Waals surface area contributed by atoms with Gasteiger partial charge in [-0.1, -0.05) is 78.9 Å². The van der Waals surface area contributed by atoms with Gasteiger partial charge in [-0.15, -0.1) is 0 Å². The molecule has 0 saturated heterocycles. The smallest absolute Gasteiger partial charge is 0.321 e. The van der Waals surface area contributed by atoms with Crippen LogP contribution in [0.15, 0.2) is 78.9 Å². The summed E-state index contributed by atoms with van der Waals surface area (Å²) in [6, 6.07) is 23.4. The molecule has 3 N–H and O–H groups in total. The summed E-state index contributed by atoms with van der Waals surface area (Å²) < 4.78 is 5.65. The molecular formula is C24H21NO4. The molecule has 2 unspecified atom stereocenters. The van der Waals surface area contributed by atoms with Crippen LogP contribution < -0.4 is 5.73 Å². The van der Waals surface area contributed by atoms with Crippen LogP contribution in [-0.4, -0.2) is 29.7 Å². The highest BCUT2D eigenvalue weighted by Crippen LogP contribution is 2.44. The zero-order valence-electron chi connectivity index (χ0n) is 15.7. The molecule has 5 nitrogen and oxygen atoms in total. The number of esters is 1. The number of carboxylic acid groups (broad SMARTS) is 1. The molecule has 0 radical (unpaired) electrons. The van der Waals surface area contributed by atoms with Crippen molar-refractivity contribution in [1.82, 2.24) is 0 Å². The average molecular weight is 387 g/mol. The third kappa shape index (κ3) is 3.52. The first-order valence-corrected chi connectivity index (χ1v) is 9.46. The molecular weight excluding hydrogens is 366 g/mol. The molecule has 3 aromatic carbocycles. The zero-order chi connectivity index (χ0) is 20.4. The van der Waals surface area contributed by atoms with Crippen LogP contribution in [0.4, 0.5) is 0 Å². The van der Waals surface area contributed by atoms with E-state index in [1.54, 1.807) is 30.3 Å². The Kier molecular flexibility index (Phi) is 5.14. The number of ether oxygens (including phenoxy) is 1. The third-order valence-electron chi connectivity index (χ3n) is 5.41. The Morgan fingerprint density at radius 2 is 1.38 bits per heavy atom. The summed E-state index contributed by atoms with van der Waals surface area (Å²) in [5.41, 5.74) is 10.8. The summed E-state index contributed by atoms with van der Waals surface area (Å²) in [7, 11) is 0. The summed E-state index contributed by atoms with van der Waals surface area (Å²) in [5.74, 6) is -3.04. The fourth-order valence-electron chi connectivity index (χ4n) is 3.99. The zero-order valence-corrected chi connectivity index (χ0v) is 15.7. The van der Waals surface area contributed by atoms with Crippen molar-refractivity contribution in [1.29, 1.82) is 0 Å². The number of carbonyl (C=O) groups excluding carboxylic acids is 1. The lowest BCUT2D eigenvalue weighted by Gasteiger charge is -2.21. The monoisotopic (exact) mass is 387 g/mol. The SMILES string of the molecule is NC(C(=O)O)C(C(=O)OCC1c2ccccc2-c2ccccc21)c1ccccc1. The van der Waals surface area contributed by atoms with Crippen molar-refractivity contribution in [2.24, 2.45) is 5.73 Å². The fourth-order valence-corrected chi connectivity index (χ4v) is 3.99. The molecule has 2 atom stereocenters. The lowest BCUT2D eigenvalue weighted by molar-refractivity contribution is -0.151. The van der Waals surface area contributed by atoms with E-state index in [9.17, 15) is 14.7 Å². The van der Waals surface area contributed by atoms with E-state index >= 15 is 0 Å². The fraction of sp³-hybridized carbons (Fsp3) is 0.167. The molecule has 29 heavy (non-hydrogen) atoms. The van der Waals surface area contributed by atoms with E-state index in [1.807, 2.05) is 36.4 Å². The van der Waals surface area contributed by atoms with E-state index in [-0.39, 0.29) is 12.5 Å². The molecule has 146 valence electrons. The van der Waals surface area contributed by atoms with Crippen molar-refractivity contribution in [3.8, 4) is 11.1 Å². The molecule has 1 aliphatic carbocycles. The molecule has 0 fully saturated rings. The van der Waals surface area contributed by atoms with Crippen LogP contribution in [0.5, 0.6) is 0 Å². The van der Waals surface area contributed by atoms with Gasteiger partial charge >= 0.3 is 11.9 Å². The lowest BCUT2D eigenvalue weighted by atomic mass is 9.92. The second kappa shape index (κ2) is 7.89. The maximum atomic E-state index is 12.9. The minimum absolute atomic E-state index is 0.0937. The van der Waals surface area contributed by atoms with Crippen molar-refractivity contribution in [2.45, 2.75) is 17.9 Å². The molecule has 5 heteroatoms. The molecule has 0 spiro atoms. The number of carbonyl (C=O) groups is 2. The van der Waals surface area contributed by atoms with E-state index in [0.29, 0.717) is 5.56 Å². The van der Waals surface area contributed by atoms with Gasteiger partial charge in [-0.25, -0.2) is 0 Å². The van der Waals surface area contributed by atoms with Crippen LogP contribution in [0.1, 0.15) is 28.5 Å². The van der Waals surface area contributed by atoms with Crippen LogP contribution in [0.25, 0.3) is 11.1 Å². The Morgan fingerprint density at radius 3 is 1.93 bits per heavy atom. The number of rotatable bonds is 6. The highest BCUT2D eigenvalue weighted by atomic mass is 16.5. The van der Waals surface area contributed by atoms with Gasteiger partial charge in [-0.05, 0) is 27.8 Å². The molecule has 0 aliphatic heterocycles. The maximum Gasteiger partial charge on any atom is 0.321 e. The standard InChI is InChI=1S/C24H21NO4/c25-22(23(26)27)21(15-8-2-1-3-9-15)24(28)29-14-20-18-12-6-4-10-16(18)17-11-5-7-13-19(17)20/h1-13,20-22H,14,25H2,(H,26,27). The van der Waals surface area contributed by atoms with E-state index in [4.69, 9.17) is 10.5 Å². The Labute approximate surface area is 168 Å². The molecule has 1 aliphatic rings. The average Bonchev–Trinajstić information content (AvgIpc) is 3.07. The normalized spacial score (nSPS) is 14.5. The maximum absolute atomic E-state index is 12.9. The van der Waals surface area contributed by atoms with Crippen molar-refractivity contribution >= 4 is 11.9 Å². The number of carboxylic acids is 1. The number of hydrogen-bond donors (Lipinski definition) is 2. The predicted molar refractivity (Wildman–Crippen MR) is 109 cm³/mol.